The van der Waals surface area contributed by atoms with E-state index in [0.717, 1.165) is 0 Å². The van der Waals surface area contributed by atoms with E-state index in [9.17, 15) is 9.59 Å². The Kier molecular flexibility index (Phi) is 5.61. The number of hydrogen-bond acceptors (Lipinski definition) is 3. The van der Waals surface area contributed by atoms with Crippen molar-refractivity contribution >= 4 is 35.0 Å². The van der Waals surface area contributed by atoms with Crippen LogP contribution >= 0.6 is 22.9 Å². The quantitative estimate of drug-likeness (QED) is 0.365. The summed E-state index contributed by atoms with van der Waals surface area (Å²) in [4.78, 5) is 20.9. The third-order valence-corrected chi connectivity index (χ3v) is 1.13. The van der Waals surface area contributed by atoms with E-state index in [2.05, 4.69) is 8.27 Å². The lowest BCUT2D eigenvalue weighted by atomic mass is 10.9. The highest BCUT2D eigenvalue weighted by molar-refractivity contribution is 14.1. The van der Waals surface area contributed by atoms with Gasteiger partial charge in [-0.3, -0.25) is 3.53 Å². The van der Waals surface area contributed by atoms with Gasteiger partial charge in [0.2, 0.25) is 0 Å². The first kappa shape index (κ1) is 10.3. The fourth-order valence-corrected chi connectivity index (χ4v) is 0.433. The number of ether oxygens (including phenoxy) is 1. The molecule has 3 amide bonds. The number of halogens is 1. The fourth-order valence-electron chi connectivity index (χ4n) is 0.299. The van der Waals surface area contributed by atoms with Gasteiger partial charge >= 0.3 is 12.1 Å². The zero-order chi connectivity index (χ0) is 8.69. The van der Waals surface area contributed by atoms with Crippen molar-refractivity contribution in [3.05, 3.63) is 0 Å². The van der Waals surface area contributed by atoms with E-state index in [1.807, 2.05) is 10.9 Å². The molecule has 0 fully saturated rings. The molecule has 11 heavy (non-hydrogen) atoms. The van der Waals surface area contributed by atoms with E-state index in [4.69, 9.17) is 0 Å². The molecule has 0 aliphatic rings. The molecular weight excluding hydrogens is 265 g/mol. The number of rotatable bonds is 1. The molecule has 0 radical (unpaired) electrons. The highest BCUT2D eigenvalue weighted by atomic mass is 127. The Labute approximate surface area is 77.5 Å². The molecule has 0 rings (SSSR count). The zero-order valence-electron chi connectivity index (χ0n) is 5.81. The monoisotopic (exact) mass is 273 g/mol. The van der Waals surface area contributed by atoms with Gasteiger partial charge in [0, 0.05) is 0 Å². The first-order valence-corrected chi connectivity index (χ1v) is 3.88. The SMILES string of the molecule is CCOC(=O)NNC(=O)NI. The lowest BCUT2D eigenvalue weighted by Gasteiger charge is -2.04. The van der Waals surface area contributed by atoms with Gasteiger partial charge in [-0.05, 0) is 6.92 Å². The van der Waals surface area contributed by atoms with Crippen LogP contribution in [0.25, 0.3) is 0 Å². The minimum absolute atomic E-state index is 0.263. The lowest BCUT2D eigenvalue weighted by molar-refractivity contribution is 0.147. The average Bonchev–Trinajstić information content (AvgIpc) is 2.01. The van der Waals surface area contributed by atoms with Gasteiger partial charge in [0.05, 0.1) is 29.5 Å². The zero-order valence-corrected chi connectivity index (χ0v) is 7.97. The Hall–Kier alpha value is -0.730. The first-order valence-electron chi connectivity index (χ1n) is 2.80. The normalized spacial score (nSPS) is 8.18. The van der Waals surface area contributed by atoms with Crippen LogP contribution < -0.4 is 14.4 Å². The number of nitrogens with one attached hydrogen (secondary N) is 3. The molecule has 0 saturated carbocycles. The third kappa shape index (κ3) is 5.70. The Bertz CT molecular complexity index is 152. The van der Waals surface area contributed by atoms with Crippen LogP contribution in [0.4, 0.5) is 9.59 Å². The molecule has 0 spiro atoms. The molecule has 0 aromatic heterocycles. The number of amides is 3. The van der Waals surface area contributed by atoms with Crippen LogP contribution in [0.15, 0.2) is 0 Å². The minimum Gasteiger partial charge on any atom is -0.449 e. The van der Waals surface area contributed by atoms with E-state index >= 15 is 0 Å². The maximum absolute atomic E-state index is 10.5. The summed E-state index contributed by atoms with van der Waals surface area (Å²) in [6, 6.07) is -0.515. The minimum atomic E-state index is -0.687. The molecule has 0 aliphatic heterocycles. The smallest absolute Gasteiger partial charge is 0.426 e. The van der Waals surface area contributed by atoms with Crippen molar-refractivity contribution < 1.29 is 14.3 Å². The Morgan fingerprint density at radius 2 is 2.09 bits per heavy atom. The third-order valence-electron chi connectivity index (χ3n) is 0.639. The van der Waals surface area contributed by atoms with Gasteiger partial charge in [-0.2, -0.15) is 0 Å². The number of hydrogen-bond donors (Lipinski definition) is 3. The van der Waals surface area contributed by atoms with Gasteiger partial charge in [0.25, 0.3) is 0 Å². The molecule has 0 aromatic rings. The number of urea groups is 1. The van der Waals surface area contributed by atoms with Crippen molar-refractivity contribution in [2.24, 2.45) is 0 Å². The van der Waals surface area contributed by atoms with E-state index in [-0.39, 0.29) is 6.61 Å². The van der Waals surface area contributed by atoms with Gasteiger partial charge in [-0.25, -0.2) is 20.4 Å². The van der Waals surface area contributed by atoms with Gasteiger partial charge in [-0.1, -0.05) is 0 Å². The van der Waals surface area contributed by atoms with Crippen LogP contribution in [0.3, 0.4) is 0 Å². The Morgan fingerprint density at radius 3 is 2.55 bits per heavy atom. The van der Waals surface area contributed by atoms with Crippen LogP contribution in [-0.4, -0.2) is 18.7 Å². The largest absolute Gasteiger partial charge is 0.449 e. The molecule has 0 aromatic carbocycles. The summed E-state index contributed by atoms with van der Waals surface area (Å²) >= 11 is 1.63. The van der Waals surface area contributed by atoms with Crippen molar-refractivity contribution in [3.63, 3.8) is 0 Å². The van der Waals surface area contributed by atoms with Crippen molar-refractivity contribution in [2.75, 3.05) is 6.61 Å². The van der Waals surface area contributed by atoms with Crippen LogP contribution in [0.1, 0.15) is 6.92 Å². The average molecular weight is 273 g/mol. The lowest BCUT2D eigenvalue weighted by Crippen LogP contribution is -2.44. The molecule has 6 nitrogen and oxygen atoms in total. The summed E-state index contributed by atoms with van der Waals surface area (Å²) in [5.41, 5.74) is 4.04. The molecule has 0 atom stereocenters. The second kappa shape index (κ2) is 6.01. The van der Waals surface area contributed by atoms with E-state index in [1.165, 1.54) is 0 Å². The number of carbonyl (C=O) groups excluding carboxylic acids is 2. The van der Waals surface area contributed by atoms with Gasteiger partial charge in [0.1, 0.15) is 0 Å². The highest BCUT2D eigenvalue weighted by Crippen LogP contribution is 1.73. The van der Waals surface area contributed by atoms with E-state index < -0.39 is 12.1 Å². The van der Waals surface area contributed by atoms with Crippen LogP contribution in [0, 0.1) is 0 Å². The number of hydrazine groups is 1. The molecule has 0 unspecified atom stereocenters. The molecule has 0 saturated heterocycles. The van der Waals surface area contributed by atoms with Crippen LogP contribution in [0.5, 0.6) is 0 Å². The predicted octanol–water partition coefficient (Wildman–Crippen LogP) is 0.297. The second-order valence-corrected chi connectivity index (χ2v) is 1.93. The van der Waals surface area contributed by atoms with Crippen molar-refractivity contribution in [3.8, 4) is 0 Å². The second-order valence-electron chi connectivity index (χ2n) is 1.39. The standard InChI is InChI=1S/C4H8IN3O3/c1-2-11-4(10)8-7-3(9)6-5/h2H2,1H3,(H,8,10)(H2,6,7,9). The summed E-state index contributed by atoms with van der Waals surface area (Å²) in [5.74, 6) is 0. The van der Waals surface area contributed by atoms with Gasteiger partial charge in [-0.15, -0.1) is 0 Å². The topological polar surface area (TPSA) is 79.5 Å². The Morgan fingerprint density at radius 1 is 1.45 bits per heavy atom. The molecular formula is C4H8IN3O3. The molecule has 64 valence electrons. The van der Waals surface area contributed by atoms with Crippen LogP contribution in [0.2, 0.25) is 0 Å². The Balaban J connectivity index is 3.38. The maximum Gasteiger partial charge on any atom is 0.426 e. The molecule has 0 heterocycles. The van der Waals surface area contributed by atoms with E-state index in [1.54, 1.807) is 29.8 Å². The van der Waals surface area contributed by atoms with Crippen molar-refractivity contribution in [1.82, 2.24) is 14.4 Å². The van der Waals surface area contributed by atoms with Gasteiger partial charge < -0.3 is 4.74 Å². The summed E-state index contributed by atoms with van der Waals surface area (Å²) in [5, 5.41) is 0. The van der Waals surface area contributed by atoms with Crippen molar-refractivity contribution in [2.45, 2.75) is 6.92 Å². The molecule has 0 aliphatic carbocycles. The predicted molar refractivity (Wildman–Crippen MR) is 45.8 cm³/mol. The molecule has 0 bridgehead atoms. The first-order chi connectivity index (χ1) is 5.20. The van der Waals surface area contributed by atoms with Crippen LogP contribution in [-0.2, 0) is 4.74 Å². The summed E-state index contributed by atoms with van der Waals surface area (Å²) in [6.07, 6.45) is -0.687. The fraction of sp³-hybridized carbons (Fsp3) is 0.500. The summed E-state index contributed by atoms with van der Waals surface area (Å²) < 4.78 is 6.65. The van der Waals surface area contributed by atoms with Gasteiger partial charge in [0.15, 0.2) is 0 Å². The number of carbonyl (C=O) groups is 2. The maximum atomic E-state index is 10.5. The van der Waals surface area contributed by atoms with Crippen molar-refractivity contribution in [1.29, 1.82) is 0 Å². The molecule has 7 heteroatoms. The van der Waals surface area contributed by atoms with E-state index in [0.29, 0.717) is 0 Å². The molecule has 3 N–H and O–H groups in total. The summed E-state index contributed by atoms with van der Waals surface area (Å²) in [7, 11) is 0. The summed E-state index contributed by atoms with van der Waals surface area (Å²) in [6.45, 7) is 1.93. The highest BCUT2D eigenvalue weighted by Gasteiger charge is 2.00.